The van der Waals surface area contributed by atoms with Crippen LogP contribution in [0.2, 0.25) is 0 Å². The van der Waals surface area contributed by atoms with Crippen molar-refractivity contribution in [2.24, 2.45) is 0 Å². The molecule has 7 nitrogen and oxygen atoms in total. The van der Waals surface area contributed by atoms with Gasteiger partial charge in [0.15, 0.2) is 5.78 Å². The summed E-state index contributed by atoms with van der Waals surface area (Å²) in [5.41, 5.74) is 0.353. The molecule has 1 aliphatic heterocycles. The monoisotopic (exact) mass is 493 g/mol. The predicted octanol–water partition coefficient (Wildman–Crippen LogP) is 2.36. The van der Waals surface area contributed by atoms with Crippen molar-refractivity contribution in [1.29, 1.82) is 0 Å². The maximum absolute atomic E-state index is 12.3. The number of hydrogen-bond donors (Lipinski definition) is 3. The molecule has 0 aromatic heterocycles. The number of ketones is 1. The average Bonchev–Trinajstić information content (AvgIpc) is 3.03. The molecule has 0 amide bonds. The number of allylic oxidation sites excluding steroid dienone is 5. The number of Topliss-reactive ketones (excluding diaryl/α,β-unsaturated/α-hetero) is 1. The van der Waals surface area contributed by atoms with Crippen LogP contribution in [0, 0.1) is 0 Å². The molecule has 1 unspecified atom stereocenters. The fourth-order valence-corrected chi connectivity index (χ4v) is 3.05. The Morgan fingerprint density at radius 1 is 1.26 bits per heavy atom. The lowest BCUT2D eigenvalue weighted by Crippen LogP contribution is -2.40. The number of nitrogens with one attached hydrogen (secondary N) is 1. The molecule has 10 heteroatoms. The second-order valence-electron chi connectivity index (χ2n) is 8.22. The van der Waals surface area contributed by atoms with Crippen LogP contribution >= 0.6 is 0 Å². The molecule has 1 heterocycles. The van der Waals surface area contributed by atoms with E-state index in [0.717, 1.165) is 23.8 Å². The first-order valence-corrected chi connectivity index (χ1v) is 11.1. The van der Waals surface area contributed by atoms with Crippen molar-refractivity contribution < 1.29 is 33.0 Å². The van der Waals surface area contributed by atoms with E-state index in [0.29, 0.717) is 13.0 Å². The lowest BCUT2D eigenvalue weighted by Gasteiger charge is -2.32. The second kappa shape index (κ2) is 19.5. The first kappa shape index (κ1) is 34.3. The Labute approximate surface area is 202 Å². The molecule has 0 spiro atoms. The van der Waals surface area contributed by atoms with Crippen molar-refractivity contribution in [1.82, 2.24) is 15.1 Å². The molecule has 2 rings (SSSR count). The molecule has 0 aromatic carbocycles. The summed E-state index contributed by atoms with van der Waals surface area (Å²) in [6.45, 7) is 6.30. The number of likely N-dealkylation sites (tertiary alicyclic amines) is 1. The van der Waals surface area contributed by atoms with Gasteiger partial charge >= 0.3 is 6.18 Å². The number of likely N-dealkylation sites (N-methyl/N-ethyl adjacent to an activating group) is 1. The topological polar surface area (TPSA) is 93.1 Å². The molecule has 34 heavy (non-hydrogen) atoms. The number of rotatable bonds is 6. The lowest BCUT2D eigenvalue weighted by molar-refractivity contribution is -0.125. The van der Waals surface area contributed by atoms with Gasteiger partial charge in [-0.2, -0.15) is 13.2 Å². The van der Waals surface area contributed by atoms with E-state index in [9.17, 15) is 18.0 Å². The van der Waals surface area contributed by atoms with Gasteiger partial charge in [0.25, 0.3) is 0 Å². The van der Waals surface area contributed by atoms with Gasteiger partial charge in [-0.1, -0.05) is 29.9 Å². The number of nitrogens with zero attached hydrogens (tertiary/aromatic N) is 2. The molecular weight excluding hydrogens is 451 g/mol. The van der Waals surface area contributed by atoms with Crippen LogP contribution in [0.25, 0.3) is 0 Å². The summed E-state index contributed by atoms with van der Waals surface area (Å²) in [7, 11) is 8.32. The summed E-state index contributed by atoms with van der Waals surface area (Å²) in [4.78, 5) is 22.9. The Morgan fingerprint density at radius 3 is 2.21 bits per heavy atom. The number of piperidine rings is 1. The smallest absolute Gasteiger partial charge is 0.396 e. The minimum Gasteiger partial charge on any atom is -0.396 e. The van der Waals surface area contributed by atoms with Crippen LogP contribution in [0.5, 0.6) is 0 Å². The number of alkyl halides is 3. The highest BCUT2D eigenvalue weighted by molar-refractivity contribution is 5.79. The number of halogens is 3. The van der Waals surface area contributed by atoms with Gasteiger partial charge in [-0.3, -0.25) is 4.79 Å². The maximum atomic E-state index is 12.3. The van der Waals surface area contributed by atoms with Crippen LogP contribution in [0.1, 0.15) is 32.6 Å². The average molecular weight is 494 g/mol. The van der Waals surface area contributed by atoms with Gasteiger partial charge in [-0.05, 0) is 67.5 Å². The van der Waals surface area contributed by atoms with Crippen molar-refractivity contribution in [2.75, 3.05) is 54.4 Å². The van der Waals surface area contributed by atoms with Gasteiger partial charge < -0.3 is 30.1 Å². The highest BCUT2D eigenvalue weighted by atomic mass is 19.4. The molecule has 1 aliphatic carbocycles. The van der Waals surface area contributed by atoms with Crippen LogP contribution < -0.4 is 5.32 Å². The van der Waals surface area contributed by atoms with Crippen LogP contribution in [-0.4, -0.2) is 105 Å². The molecule has 1 fully saturated rings. The van der Waals surface area contributed by atoms with Gasteiger partial charge in [0.2, 0.25) is 0 Å². The zero-order valence-corrected chi connectivity index (χ0v) is 21.1. The quantitative estimate of drug-likeness (QED) is 0.523. The Bertz CT molecular complexity index is 642. The van der Waals surface area contributed by atoms with Gasteiger partial charge in [-0.15, -0.1) is 0 Å². The number of carbonyl (C=O) groups excluding carboxylic acids is 2. The number of carbonyl (C=O) groups is 2. The predicted molar refractivity (Wildman–Crippen MR) is 130 cm³/mol. The Morgan fingerprint density at radius 2 is 1.82 bits per heavy atom. The Kier molecular flexibility index (Phi) is 19.6. The van der Waals surface area contributed by atoms with Crippen LogP contribution in [0.15, 0.2) is 35.5 Å². The van der Waals surface area contributed by atoms with Crippen molar-refractivity contribution in [3.8, 4) is 0 Å². The largest absolute Gasteiger partial charge is 0.416 e. The zero-order chi connectivity index (χ0) is 26.7. The van der Waals surface area contributed by atoms with Crippen LogP contribution in [-0.2, 0) is 9.59 Å². The zero-order valence-electron chi connectivity index (χ0n) is 21.1. The summed E-state index contributed by atoms with van der Waals surface area (Å²) in [5.74, 6) is -0.293. The third-order valence-corrected chi connectivity index (χ3v) is 5.20. The third kappa shape index (κ3) is 16.7. The van der Waals surface area contributed by atoms with E-state index >= 15 is 0 Å². The minimum absolute atomic E-state index is 0.138. The van der Waals surface area contributed by atoms with Crippen molar-refractivity contribution in [3.05, 3.63) is 35.5 Å². The summed E-state index contributed by atoms with van der Waals surface area (Å²) in [6, 6.07) is 0.830. The summed E-state index contributed by atoms with van der Waals surface area (Å²) in [5, 5.41) is 19.7. The van der Waals surface area contributed by atoms with E-state index < -0.39 is 17.9 Å². The van der Waals surface area contributed by atoms with Gasteiger partial charge in [0, 0.05) is 25.6 Å². The van der Waals surface area contributed by atoms with E-state index in [4.69, 9.17) is 15.0 Å². The van der Waals surface area contributed by atoms with E-state index in [1.807, 2.05) is 6.79 Å². The lowest BCUT2D eigenvalue weighted by atomic mass is 10.1. The SMILES string of the molecule is C=O.CC(=O)C(O)CCO.CN1CCC(N(C)C)CC1.CNCC1=CC=C(C(F)(F)F)C=CC1. The normalized spacial score (nSPS) is 17.5. The molecule has 198 valence electrons. The maximum Gasteiger partial charge on any atom is 0.416 e. The van der Waals surface area contributed by atoms with E-state index in [2.05, 4.69) is 36.3 Å². The van der Waals surface area contributed by atoms with Crippen LogP contribution in [0.3, 0.4) is 0 Å². The number of hydrogen-bond acceptors (Lipinski definition) is 7. The summed E-state index contributed by atoms with van der Waals surface area (Å²) in [6.07, 6.45) is 3.48. The Balaban J connectivity index is 0. The molecule has 0 radical (unpaired) electrons. The summed E-state index contributed by atoms with van der Waals surface area (Å²) < 4.78 is 36.8. The highest BCUT2D eigenvalue weighted by Crippen LogP contribution is 2.28. The van der Waals surface area contributed by atoms with Crippen molar-refractivity contribution >= 4 is 12.6 Å². The van der Waals surface area contributed by atoms with Crippen LogP contribution in [0.4, 0.5) is 13.2 Å². The van der Waals surface area contributed by atoms with Gasteiger partial charge in [-0.25, -0.2) is 0 Å². The fraction of sp³-hybridized carbons (Fsp3) is 0.667. The second-order valence-corrected chi connectivity index (χ2v) is 8.22. The number of aliphatic hydroxyl groups is 2. The van der Waals surface area contributed by atoms with Gasteiger partial charge in [0.1, 0.15) is 12.9 Å². The molecular formula is C24H42F3N3O4. The molecule has 3 N–H and O–H groups in total. The molecule has 1 atom stereocenters. The van der Waals surface area contributed by atoms with E-state index in [1.165, 1.54) is 45.0 Å². The van der Waals surface area contributed by atoms with Crippen molar-refractivity contribution in [3.63, 3.8) is 0 Å². The van der Waals surface area contributed by atoms with E-state index in [1.54, 1.807) is 7.05 Å². The highest BCUT2D eigenvalue weighted by Gasteiger charge is 2.31. The Hall–Kier alpha value is -1.85. The molecule has 0 aromatic rings. The van der Waals surface area contributed by atoms with Crippen molar-refractivity contribution in [2.45, 2.75) is 50.9 Å². The van der Waals surface area contributed by atoms with E-state index in [-0.39, 0.29) is 18.8 Å². The van der Waals surface area contributed by atoms with Gasteiger partial charge in [0.05, 0.1) is 5.57 Å². The standard InChI is InChI=1S/C10H12F3N.C8H18N2.C5H10O3.CH2O/c1-14-7-8-3-2-4-9(6-5-8)10(11,12)13;1-9(2)8-4-6-10(3)7-5-8;1-4(7)5(8)2-3-6;1-2/h2,4-6,14H,3,7H2,1H3;8H,4-7H2,1-3H3;5-6,8H,2-3H2,1H3;1H2. The fourth-order valence-electron chi connectivity index (χ4n) is 3.05. The minimum atomic E-state index is -4.25. The molecule has 1 saturated heterocycles. The first-order valence-electron chi connectivity index (χ1n) is 11.1. The molecule has 0 saturated carbocycles. The molecule has 2 aliphatic rings. The summed E-state index contributed by atoms with van der Waals surface area (Å²) >= 11 is 0. The molecule has 0 bridgehead atoms. The first-order chi connectivity index (χ1) is 15.9. The number of aliphatic hydroxyl groups excluding tert-OH is 2. The third-order valence-electron chi connectivity index (χ3n) is 5.20.